The van der Waals surface area contributed by atoms with E-state index in [1.807, 2.05) is 28.8 Å². The average molecular weight is 1640 g/mol. The predicted molar refractivity (Wildman–Crippen MR) is 186 cm³/mol. The van der Waals surface area contributed by atoms with E-state index in [0.29, 0.717) is 0 Å². The van der Waals surface area contributed by atoms with Crippen molar-refractivity contribution in [2.45, 2.75) is 22.3 Å². The van der Waals surface area contributed by atoms with Crippen LogP contribution >= 0.6 is 22.7 Å². The van der Waals surface area contributed by atoms with Crippen molar-refractivity contribution in [2.75, 3.05) is 17.3 Å². The molecule has 0 unspecified atom stereocenters. The minimum atomic E-state index is -0.992. The molecule has 2 aromatic heterocycles. The minimum absolute atomic E-state index is 0. The Morgan fingerprint density at radius 1 is 0.714 bits per heavy atom. The Bertz CT molecular complexity index is 1620. The van der Waals surface area contributed by atoms with Crippen LogP contribution in [0, 0.1) is 7.43 Å². The molecule has 2 heterocycles. The molecule has 0 atom stereocenters. The third-order valence-electron chi connectivity index (χ3n) is 5.09. The first kappa shape index (κ1) is 53.9. The molecule has 5 N–H and O–H groups in total. The second kappa shape index (κ2) is 25.7. The third kappa shape index (κ3) is 16.3. The summed E-state index contributed by atoms with van der Waals surface area (Å²) in [5, 5.41) is 34.4. The number of thiazole rings is 2. The van der Waals surface area contributed by atoms with Gasteiger partial charge in [0.1, 0.15) is 0 Å². The molecule has 3 aromatic carbocycles. The summed E-state index contributed by atoms with van der Waals surface area (Å²) in [5.74, 6) is -2.85. The number of aromatic nitrogens is 2. The number of anilines is 4. The summed E-state index contributed by atoms with van der Waals surface area (Å²) in [6, 6.07) is 19.2. The molecule has 252 valence electrons. The molecule has 5 rings (SSSR count). The number of nitrogens with zero attached hydrogens (tertiary/aromatic N) is 3. The molecule has 11 nitrogen and oxygen atoms in total. The normalized spacial score (nSPS) is 8.18. The van der Waals surface area contributed by atoms with Gasteiger partial charge in [-0.3, -0.25) is 0 Å². The first-order chi connectivity index (χ1) is 19.6. The Morgan fingerprint density at radius 3 is 1.63 bits per heavy atom. The zero-order valence-corrected chi connectivity index (χ0v) is 48.8. The topological polar surface area (TPSA) is 177 Å². The van der Waals surface area contributed by atoms with Gasteiger partial charge in [0, 0.05) is 41.6 Å². The average Bonchev–Trinajstić information content (AvgIpc) is 3.69. The summed E-state index contributed by atoms with van der Waals surface area (Å²) < 4.78 is 0. The van der Waals surface area contributed by atoms with Crippen molar-refractivity contribution in [1.29, 1.82) is 0 Å². The molecule has 0 aliphatic carbocycles. The van der Waals surface area contributed by atoms with Gasteiger partial charge < -0.3 is 38.7 Å². The number of hydrogen-bond donors (Lipinski definition) is 4. The van der Waals surface area contributed by atoms with Gasteiger partial charge in [0.05, 0.1) is 16.7 Å². The van der Waals surface area contributed by atoms with Crippen molar-refractivity contribution in [3.63, 3.8) is 0 Å². The number of carboxylic acid groups (broad SMARTS) is 3. The monoisotopic (exact) mass is 1640 g/mol. The van der Waals surface area contributed by atoms with Crippen molar-refractivity contribution in [2.24, 2.45) is 0 Å². The number of aromatic carboxylic acids is 3. The van der Waals surface area contributed by atoms with Gasteiger partial charge in [-0.25, -0.2) is 24.4 Å². The van der Waals surface area contributed by atoms with Gasteiger partial charge in [-0.2, -0.15) is 0 Å². The van der Waals surface area contributed by atoms with E-state index in [4.69, 9.17) is 21.1 Å². The van der Waals surface area contributed by atoms with Crippen molar-refractivity contribution in [3.05, 3.63) is 126 Å². The van der Waals surface area contributed by atoms with Crippen LogP contribution < -0.4 is 10.2 Å². The second-order valence-electron chi connectivity index (χ2n) is 7.96. The number of hydrogen-bond acceptors (Lipinski definition) is 9. The van der Waals surface area contributed by atoms with E-state index >= 15 is 0 Å². The number of rotatable bonds is 7. The predicted octanol–water partition coefficient (Wildman–Crippen LogP) is 9.62. The number of benzene rings is 3. The fourth-order valence-electron chi connectivity index (χ4n) is 3.13. The van der Waals surface area contributed by atoms with Crippen LogP contribution in [0.4, 0.5) is 27.3 Å². The van der Waals surface area contributed by atoms with E-state index in [-0.39, 0.29) is 73.1 Å². The number of nitrogens with one attached hydrogen (secondary N) is 2. The van der Waals surface area contributed by atoms with Crippen LogP contribution in [0.2, 0.25) is 0 Å². The molecule has 0 aliphatic rings. The molecule has 49 heavy (non-hydrogen) atoms. The molecule has 0 radical (unpaired) electrons. The molecule has 17 heteroatoms. The van der Waals surface area contributed by atoms with Gasteiger partial charge in [-0.05, 0) is 42.5 Å². The second-order valence-corrected chi connectivity index (χ2v) is 9.73. The van der Waals surface area contributed by atoms with Crippen LogP contribution in [0.3, 0.4) is 0 Å². The Hall–Kier alpha value is -7.58. The Kier molecular flexibility index (Phi) is 28.3. The molecular formula is C32H39N5O6Rf3S2W. The summed E-state index contributed by atoms with van der Waals surface area (Å²) >= 11 is 2.97. The molecule has 0 saturated carbocycles. The Labute approximate surface area is 292 Å². The third-order valence-corrected chi connectivity index (χ3v) is 6.63. The number of carboxylic acids is 3. The molecule has 0 spiro atoms. The maximum Gasteiger partial charge on any atom is 2.00 e. The molecular weight excluding hydrogens is 1600 g/mol. The maximum atomic E-state index is 10.8. The molecule has 0 amide bonds. The van der Waals surface area contributed by atoms with E-state index in [2.05, 4.69) is 15.3 Å². The SMILES string of the molecule is C.C.C.CN(c1cccc(C(=O)O)c1)c1nccs1.O=C(O)c1cccc(Nc2nccs2)c1.[CH3-].[NH-]c1cccc(C(=O)O)c1.[Rf].[Rf].[Rf].[W+2]. The van der Waals surface area contributed by atoms with Gasteiger partial charge in [-0.1, -0.05) is 52.6 Å². The van der Waals surface area contributed by atoms with Crippen LogP contribution in [0.5, 0.6) is 0 Å². The summed E-state index contributed by atoms with van der Waals surface area (Å²) in [6.45, 7) is 0. The maximum absolute atomic E-state index is 10.8. The number of carbonyl (C=O) groups is 3. The van der Waals surface area contributed by atoms with Gasteiger partial charge in [0.2, 0.25) is 0 Å². The summed E-state index contributed by atoms with van der Waals surface area (Å²) in [5.41, 5.74) is 9.53. The molecule has 0 fully saturated rings. The first-order valence-electron chi connectivity index (χ1n) is 11.7. The van der Waals surface area contributed by atoms with Gasteiger partial charge in [-0.15, -0.1) is 28.4 Å². The standard InChI is InChI=1S/C11H10N2O2S.C10H8N2O2S.C7H6NO2.3CH4.CH3.3Rf.W/c1-13(11-12-5-6-16-11)9-4-2-3-8(7-9)10(14)15;13-9(14)7-2-1-3-8(6-7)12-10-11-4-5-15-10;8-6-3-1-2-5(4-6)7(9)10;;;;;;;;/h2-7H,1H3,(H,14,15);1-6H,(H,11,12)(H,13,14);1-4,8H,(H,9,10);3*1H4;1H3;;;;/q;;-1;;;;-1;;;;+2. The van der Waals surface area contributed by atoms with Crippen LogP contribution in [-0.4, -0.2) is 50.2 Å². The molecule has 0 bridgehead atoms. The minimum Gasteiger partial charge on any atom is -0.699 e. The first-order valence-corrected chi connectivity index (χ1v) is 13.4. The van der Waals surface area contributed by atoms with Crippen LogP contribution in [-0.2, 0) is 21.1 Å². The van der Waals surface area contributed by atoms with Gasteiger partial charge >= 0.3 is 39.0 Å². The smallest absolute Gasteiger partial charge is 0.699 e. The van der Waals surface area contributed by atoms with Crippen LogP contribution in [0.25, 0.3) is 5.73 Å². The Balaban J connectivity index is -0.000000134. The molecule has 0 saturated heterocycles. The van der Waals surface area contributed by atoms with Crippen LogP contribution in [0.15, 0.2) is 96.0 Å². The van der Waals surface area contributed by atoms with Crippen molar-refractivity contribution in [1.82, 2.24) is 9.97 Å². The molecule has 5 aromatic rings. The zero-order valence-electron chi connectivity index (χ0n) is 25.0. The summed E-state index contributed by atoms with van der Waals surface area (Å²) in [7, 11) is 1.86. The largest absolute Gasteiger partial charge is 2.00 e. The fourth-order valence-corrected chi connectivity index (χ4v) is 4.31. The molecule has 0 aliphatic heterocycles. The van der Waals surface area contributed by atoms with E-state index in [9.17, 15) is 14.4 Å². The van der Waals surface area contributed by atoms with Crippen molar-refractivity contribution in [3.8, 4) is 0 Å². The summed E-state index contributed by atoms with van der Waals surface area (Å²) in [6.07, 6.45) is 3.41. The summed E-state index contributed by atoms with van der Waals surface area (Å²) in [4.78, 5) is 41.9. The van der Waals surface area contributed by atoms with Crippen LogP contribution in [0.1, 0.15) is 53.4 Å². The van der Waals surface area contributed by atoms with E-state index in [1.165, 1.54) is 40.9 Å². The Morgan fingerprint density at radius 2 is 1.18 bits per heavy atom. The van der Waals surface area contributed by atoms with Gasteiger partial charge in [0.25, 0.3) is 0 Å². The van der Waals surface area contributed by atoms with E-state index in [1.54, 1.807) is 60.9 Å². The van der Waals surface area contributed by atoms with E-state index < -0.39 is 17.9 Å². The van der Waals surface area contributed by atoms with E-state index in [0.717, 1.165) is 21.6 Å². The van der Waals surface area contributed by atoms with Crippen molar-refractivity contribution >= 4 is 67.9 Å². The fraction of sp³-hybridized carbons (Fsp3) is 0.125. The quantitative estimate of drug-likeness (QED) is 0.115. The van der Waals surface area contributed by atoms with Gasteiger partial charge in [0.15, 0.2) is 10.3 Å². The zero-order chi connectivity index (χ0) is 29.8. The van der Waals surface area contributed by atoms with Crippen molar-refractivity contribution < 1.29 is 50.8 Å².